The molecular weight excluding hydrogens is 246 g/mol. The first-order valence-electron chi connectivity index (χ1n) is 5.33. The number of thiol groups is 1. The van der Waals surface area contributed by atoms with Crippen molar-refractivity contribution >= 4 is 30.5 Å². The summed E-state index contributed by atoms with van der Waals surface area (Å²) in [5.41, 5.74) is 0. The van der Waals surface area contributed by atoms with E-state index in [9.17, 15) is 14.4 Å². The van der Waals surface area contributed by atoms with Crippen LogP contribution in [0.2, 0.25) is 0 Å². The standard InChI is InChI=1S/C10H15NO5S/c12-8(2-4-17)11-3-1-6(9(13)14)5-7(11)10(15)16/h6-7,17H,1-5H2,(H,13,14)(H,15,16). The Labute approximate surface area is 104 Å². The van der Waals surface area contributed by atoms with Gasteiger partial charge in [-0.25, -0.2) is 4.79 Å². The van der Waals surface area contributed by atoms with Crippen LogP contribution in [0.3, 0.4) is 0 Å². The van der Waals surface area contributed by atoms with Gasteiger partial charge in [0.2, 0.25) is 5.91 Å². The summed E-state index contributed by atoms with van der Waals surface area (Å²) in [6.45, 7) is 0.181. The molecule has 2 unspecified atom stereocenters. The maximum Gasteiger partial charge on any atom is 0.326 e. The number of hydrogen-bond acceptors (Lipinski definition) is 4. The second kappa shape index (κ2) is 5.90. The van der Waals surface area contributed by atoms with Gasteiger partial charge in [-0.2, -0.15) is 12.6 Å². The van der Waals surface area contributed by atoms with E-state index >= 15 is 0 Å². The molecule has 1 aliphatic heterocycles. The van der Waals surface area contributed by atoms with E-state index in [4.69, 9.17) is 10.2 Å². The smallest absolute Gasteiger partial charge is 0.326 e. The van der Waals surface area contributed by atoms with Crippen LogP contribution in [0.15, 0.2) is 0 Å². The Hall–Kier alpha value is -1.24. The van der Waals surface area contributed by atoms with Gasteiger partial charge < -0.3 is 15.1 Å². The van der Waals surface area contributed by atoms with Gasteiger partial charge in [0, 0.05) is 13.0 Å². The topological polar surface area (TPSA) is 94.9 Å². The number of carbonyl (C=O) groups excluding carboxylic acids is 1. The first-order valence-corrected chi connectivity index (χ1v) is 5.96. The van der Waals surface area contributed by atoms with Crippen LogP contribution in [-0.4, -0.2) is 51.3 Å². The number of rotatable bonds is 4. The molecule has 96 valence electrons. The van der Waals surface area contributed by atoms with Crippen LogP contribution in [-0.2, 0) is 14.4 Å². The van der Waals surface area contributed by atoms with E-state index in [2.05, 4.69) is 12.6 Å². The lowest BCUT2D eigenvalue weighted by Gasteiger charge is -2.35. The normalized spacial score (nSPS) is 24.4. The maximum absolute atomic E-state index is 11.7. The molecule has 0 aromatic carbocycles. The molecule has 1 heterocycles. The van der Waals surface area contributed by atoms with Crippen LogP contribution in [0.25, 0.3) is 0 Å². The number of piperidine rings is 1. The molecule has 0 radical (unpaired) electrons. The fourth-order valence-electron chi connectivity index (χ4n) is 1.96. The van der Waals surface area contributed by atoms with Crippen molar-refractivity contribution in [3.8, 4) is 0 Å². The van der Waals surface area contributed by atoms with Crippen LogP contribution in [0.4, 0.5) is 0 Å². The van der Waals surface area contributed by atoms with Crippen molar-refractivity contribution in [3.05, 3.63) is 0 Å². The van der Waals surface area contributed by atoms with Crippen LogP contribution in [0, 0.1) is 5.92 Å². The summed E-state index contributed by atoms with van der Waals surface area (Å²) in [5, 5.41) is 17.9. The molecule has 6 nitrogen and oxygen atoms in total. The van der Waals surface area contributed by atoms with Crippen molar-refractivity contribution in [1.82, 2.24) is 4.90 Å². The lowest BCUT2D eigenvalue weighted by atomic mass is 9.90. The minimum absolute atomic E-state index is 0.0248. The summed E-state index contributed by atoms with van der Waals surface area (Å²) in [6, 6.07) is -1.03. The van der Waals surface area contributed by atoms with Crippen molar-refractivity contribution in [1.29, 1.82) is 0 Å². The molecule has 2 atom stereocenters. The Balaban J connectivity index is 2.76. The van der Waals surface area contributed by atoms with Gasteiger partial charge in [-0.05, 0) is 18.6 Å². The van der Waals surface area contributed by atoms with Crippen LogP contribution >= 0.6 is 12.6 Å². The van der Waals surface area contributed by atoms with Gasteiger partial charge in [0.15, 0.2) is 0 Å². The molecule has 1 amide bonds. The Bertz CT molecular complexity index is 333. The third kappa shape index (κ3) is 3.36. The molecule has 0 saturated carbocycles. The number of carbonyl (C=O) groups is 3. The molecule has 1 rings (SSSR count). The predicted octanol–water partition coefficient (Wildman–Crippen LogP) is 0.0827. The number of aliphatic carboxylic acids is 2. The van der Waals surface area contributed by atoms with Crippen molar-refractivity contribution in [3.63, 3.8) is 0 Å². The average Bonchev–Trinajstić information content (AvgIpc) is 2.28. The molecule has 17 heavy (non-hydrogen) atoms. The highest BCUT2D eigenvalue weighted by Gasteiger charge is 2.38. The minimum atomic E-state index is -1.15. The van der Waals surface area contributed by atoms with Crippen LogP contribution in [0.5, 0.6) is 0 Å². The Morgan fingerprint density at radius 1 is 1.24 bits per heavy atom. The zero-order valence-electron chi connectivity index (χ0n) is 9.20. The van der Waals surface area contributed by atoms with E-state index in [1.807, 2.05) is 0 Å². The highest BCUT2D eigenvalue weighted by atomic mass is 32.1. The van der Waals surface area contributed by atoms with Crippen LogP contribution < -0.4 is 0 Å². The first-order chi connectivity index (χ1) is 7.97. The summed E-state index contributed by atoms with van der Waals surface area (Å²) in [5.74, 6) is -2.77. The molecule has 2 N–H and O–H groups in total. The maximum atomic E-state index is 11.7. The lowest BCUT2D eigenvalue weighted by molar-refractivity contribution is -0.156. The van der Waals surface area contributed by atoms with Crippen molar-refractivity contribution in [2.45, 2.75) is 25.3 Å². The van der Waals surface area contributed by atoms with Gasteiger partial charge in [0.1, 0.15) is 6.04 Å². The number of nitrogens with zero attached hydrogens (tertiary/aromatic N) is 1. The van der Waals surface area contributed by atoms with Crippen LogP contribution in [0.1, 0.15) is 19.3 Å². The van der Waals surface area contributed by atoms with E-state index in [0.29, 0.717) is 12.2 Å². The molecule has 1 saturated heterocycles. The predicted molar refractivity (Wildman–Crippen MR) is 62.0 cm³/mol. The van der Waals surface area contributed by atoms with Crippen molar-refractivity contribution < 1.29 is 24.6 Å². The van der Waals surface area contributed by atoms with E-state index < -0.39 is 23.9 Å². The van der Waals surface area contributed by atoms with Gasteiger partial charge in [0.25, 0.3) is 0 Å². The molecule has 1 aliphatic rings. The summed E-state index contributed by atoms with van der Waals surface area (Å²) in [6.07, 6.45) is 0.449. The average molecular weight is 261 g/mol. The van der Waals surface area contributed by atoms with Gasteiger partial charge in [-0.1, -0.05) is 0 Å². The van der Waals surface area contributed by atoms with E-state index in [1.54, 1.807) is 0 Å². The van der Waals surface area contributed by atoms with Crippen molar-refractivity contribution in [2.24, 2.45) is 5.92 Å². The fourth-order valence-corrected chi connectivity index (χ4v) is 2.15. The summed E-state index contributed by atoms with van der Waals surface area (Å²) < 4.78 is 0. The van der Waals surface area contributed by atoms with Gasteiger partial charge in [-0.15, -0.1) is 0 Å². The van der Waals surface area contributed by atoms with E-state index in [1.165, 1.54) is 4.90 Å². The molecule has 0 aromatic rings. The Morgan fingerprint density at radius 3 is 2.35 bits per heavy atom. The second-order valence-electron chi connectivity index (χ2n) is 3.97. The minimum Gasteiger partial charge on any atom is -0.481 e. The zero-order valence-corrected chi connectivity index (χ0v) is 10.1. The third-order valence-electron chi connectivity index (χ3n) is 2.88. The van der Waals surface area contributed by atoms with Gasteiger partial charge in [-0.3, -0.25) is 9.59 Å². The van der Waals surface area contributed by atoms with Crippen molar-refractivity contribution in [2.75, 3.05) is 12.3 Å². The van der Waals surface area contributed by atoms with Gasteiger partial charge in [0.05, 0.1) is 5.92 Å². The summed E-state index contributed by atoms with van der Waals surface area (Å²) >= 11 is 3.92. The monoisotopic (exact) mass is 261 g/mol. The first kappa shape index (κ1) is 13.8. The highest BCUT2D eigenvalue weighted by molar-refractivity contribution is 7.80. The zero-order chi connectivity index (χ0) is 13.0. The SMILES string of the molecule is O=C(O)C1CCN(C(=O)CCS)C(C(=O)O)C1. The number of likely N-dealkylation sites (tertiary alicyclic amines) is 1. The number of carboxylic acid groups (broad SMARTS) is 2. The van der Waals surface area contributed by atoms with Gasteiger partial charge >= 0.3 is 11.9 Å². The molecule has 7 heteroatoms. The molecule has 1 fully saturated rings. The largest absolute Gasteiger partial charge is 0.481 e. The summed E-state index contributed by atoms with van der Waals surface area (Å²) in [4.78, 5) is 34.8. The molecule has 0 spiro atoms. The fraction of sp³-hybridized carbons (Fsp3) is 0.700. The second-order valence-corrected chi connectivity index (χ2v) is 4.42. The highest BCUT2D eigenvalue weighted by Crippen LogP contribution is 2.24. The Kier molecular flexibility index (Phi) is 4.80. The lowest BCUT2D eigenvalue weighted by Crippen LogP contribution is -2.51. The number of hydrogen-bond donors (Lipinski definition) is 3. The molecular formula is C10H15NO5S. The van der Waals surface area contributed by atoms with E-state index in [0.717, 1.165) is 0 Å². The third-order valence-corrected chi connectivity index (χ3v) is 3.11. The summed E-state index contributed by atoms with van der Waals surface area (Å²) in [7, 11) is 0. The number of carboxylic acids is 2. The quantitative estimate of drug-likeness (QED) is 0.623. The Morgan fingerprint density at radius 2 is 1.88 bits per heavy atom. The molecule has 0 bridgehead atoms. The van der Waals surface area contributed by atoms with E-state index in [-0.39, 0.29) is 25.3 Å². The molecule has 0 aliphatic carbocycles. The molecule has 0 aromatic heterocycles. The number of amides is 1.